The van der Waals surface area contributed by atoms with Crippen molar-refractivity contribution in [2.75, 3.05) is 0 Å². The molecule has 0 aliphatic heterocycles. The summed E-state index contributed by atoms with van der Waals surface area (Å²) in [4.78, 5) is 25.3. The molecular weight excluding hydrogens is 404 g/mol. The summed E-state index contributed by atoms with van der Waals surface area (Å²) in [5, 5.41) is 5.85. The van der Waals surface area contributed by atoms with E-state index in [1.165, 1.54) is 24.5 Å². The van der Waals surface area contributed by atoms with Crippen molar-refractivity contribution >= 4 is 21.7 Å². The van der Waals surface area contributed by atoms with Gasteiger partial charge in [0.15, 0.2) is 15.6 Å². The zero-order chi connectivity index (χ0) is 21.7. The Balaban J connectivity index is 1.66. The van der Waals surface area contributed by atoms with Crippen LogP contribution in [-0.2, 0) is 20.4 Å². The van der Waals surface area contributed by atoms with Crippen molar-refractivity contribution in [3.05, 3.63) is 54.0 Å². The van der Waals surface area contributed by atoms with Gasteiger partial charge in [-0.05, 0) is 51.3 Å². The predicted molar refractivity (Wildman–Crippen MR) is 113 cm³/mol. The highest BCUT2D eigenvalue weighted by Gasteiger charge is 2.30. The van der Waals surface area contributed by atoms with Gasteiger partial charge in [-0.25, -0.2) is 8.42 Å². The van der Waals surface area contributed by atoms with Crippen LogP contribution in [0.2, 0.25) is 0 Å². The van der Waals surface area contributed by atoms with Crippen LogP contribution in [0, 0.1) is 5.92 Å². The van der Waals surface area contributed by atoms with E-state index >= 15 is 0 Å². The van der Waals surface area contributed by atoms with Gasteiger partial charge in [0, 0.05) is 23.6 Å². The first-order valence-electron chi connectivity index (χ1n) is 10.2. The molecule has 1 aromatic carbocycles. The molecule has 0 saturated heterocycles. The molecule has 0 spiro atoms. The smallest absolute Gasteiger partial charge is 0.287 e. The van der Waals surface area contributed by atoms with Crippen LogP contribution in [0.1, 0.15) is 55.6 Å². The van der Waals surface area contributed by atoms with Gasteiger partial charge in [-0.1, -0.05) is 24.6 Å². The number of rotatable bonds is 7. The molecule has 2 amide bonds. The van der Waals surface area contributed by atoms with Gasteiger partial charge in [0.2, 0.25) is 5.91 Å². The van der Waals surface area contributed by atoms with E-state index in [1.807, 2.05) is 13.8 Å². The SMILES string of the molecule is CC(C)NC(=O)C1CCCC(NC(=O)c2occc2CS(=O)(=O)c2ccccc2)C1. The van der Waals surface area contributed by atoms with Crippen molar-refractivity contribution in [3.63, 3.8) is 0 Å². The molecule has 3 rings (SSSR count). The van der Waals surface area contributed by atoms with Crippen LogP contribution in [0.25, 0.3) is 0 Å². The van der Waals surface area contributed by atoms with Crippen molar-refractivity contribution in [2.45, 2.75) is 62.3 Å². The van der Waals surface area contributed by atoms with Gasteiger partial charge < -0.3 is 15.1 Å². The van der Waals surface area contributed by atoms with Gasteiger partial charge >= 0.3 is 0 Å². The Morgan fingerprint density at radius 3 is 2.57 bits per heavy atom. The normalized spacial score (nSPS) is 19.4. The van der Waals surface area contributed by atoms with E-state index in [0.29, 0.717) is 12.0 Å². The topological polar surface area (TPSA) is 105 Å². The molecule has 1 saturated carbocycles. The van der Waals surface area contributed by atoms with Crippen molar-refractivity contribution in [1.29, 1.82) is 0 Å². The zero-order valence-corrected chi connectivity index (χ0v) is 18.1. The minimum atomic E-state index is -3.60. The van der Waals surface area contributed by atoms with Gasteiger partial charge in [0.25, 0.3) is 5.91 Å². The lowest BCUT2D eigenvalue weighted by atomic mass is 9.85. The van der Waals surface area contributed by atoms with E-state index in [1.54, 1.807) is 18.2 Å². The van der Waals surface area contributed by atoms with E-state index in [9.17, 15) is 18.0 Å². The van der Waals surface area contributed by atoms with Crippen molar-refractivity contribution in [2.24, 2.45) is 5.92 Å². The molecule has 1 aliphatic carbocycles. The Morgan fingerprint density at radius 2 is 1.87 bits per heavy atom. The lowest BCUT2D eigenvalue weighted by Crippen LogP contribution is -2.43. The quantitative estimate of drug-likeness (QED) is 0.700. The van der Waals surface area contributed by atoms with Gasteiger partial charge in [0.05, 0.1) is 16.9 Å². The summed E-state index contributed by atoms with van der Waals surface area (Å²) >= 11 is 0. The maximum atomic E-state index is 12.8. The van der Waals surface area contributed by atoms with Crippen LogP contribution in [0.4, 0.5) is 0 Å². The summed E-state index contributed by atoms with van der Waals surface area (Å²) < 4.78 is 30.6. The minimum absolute atomic E-state index is 0.00302. The van der Waals surface area contributed by atoms with Gasteiger partial charge in [0.1, 0.15) is 0 Å². The molecular formula is C22H28N2O5S. The highest BCUT2D eigenvalue weighted by Crippen LogP contribution is 2.26. The number of carbonyl (C=O) groups excluding carboxylic acids is 2. The van der Waals surface area contributed by atoms with Crippen LogP contribution in [0.5, 0.6) is 0 Å². The monoisotopic (exact) mass is 432 g/mol. The van der Waals surface area contributed by atoms with Crippen LogP contribution < -0.4 is 10.6 Å². The molecule has 1 fully saturated rings. The number of sulfone groups is 1. The van der Waals surface area contributed by atoms with Crippen molar-refractivity contribution in [3.8, 4) is 0 Å². The van der Waals surface area contributed by atoms with E-state index in [2.05, 4.69) is 10.6 Å². The number of hydrogen-bond donors (Lipinski definition) is 2. The Labute approximate surface area is 177 Å². The molecule has 162 valence electrons. The molecule has 1 aliphatic rings. The lowest BCUT2D eigenvalue weighted by Gasteiger charge is -2.29. The predicted octanol–water partition coefficient (Wildman–Crippen LogP) is 3.07. The first-order chi connectivity index (χ1) is 14.3. The number of benzene rings is 1. The maximum absolute atomic E-state index is 12.8. The Hall–Kier alpha value is -2.61. The number of furan rings is 1. The summed E-state index contributed by atoms with van der Waals surface area (Å²) in [6.45, 7) is 3.84. The van der Waals surface area contributed by atoms with Crippen LogP contribution in [0.15, 0.2) is 52.0 Å². The highest BCUT2D eigenvalue weighted by atomic mass is 32.2. The minimum Gasteiger partial charge on any atom is -0.459 e. The number of hydrogen-bond acceptors (Lipinski definition) is 5. The summed E-state index contributed by atoms with van der Waals surface area (Å²) in [6.07, 6.45) is 4.30. The second-order valence-electron chi connectivity index (χ2n) is 8.04. The van der Waals surface area contributed by atoms with Crippen molar-refractivity contribution in [1.82, 2.24) is 10.6 Å². The fraction of sp³-hybridized carbons (Fsp3) is 0.455. The number of nitrogens with one attached hydrogen (secondary N) is 2. The summed E-state index contributed by atoms with van der Waals surface area (Å²) in [5.74, 6) is -0.894. The zero-order valence-electron chi connectivity index (χ0n) is 17.3. The molecule has 1 aromatic heterocycles. The summed E-state index contributed by atoms with van der Waals surface area (Å²) in [6, 6.07) is 9.54. The summed E-state index contributed by atoms with van der Waals surface area (Å²) in [5.41, 5.74) is 0.321. The number of amides is 2. The molecule has 2 N–H and O–H groups in total. The molecule has 8 heteroatoms. The first kappa shape index (κ1) is 22.1. The average Bonchev–Trinajstić information content (AvgIpc) is 3.16. The van der Waals surface area contributed by atoms with Crippen LogP contribution in [0.3, 0.4) is 0 Å². The fourth-order valence-electron chi connectivity index (χ4n) is 3.78. The standard InChI is InChI=1S/C22H28N2O5S/c1-15(2)23-21(25)16-7-6-8-18(13-16)24-22(26)20-17(11-12-29-20)14-30(27,28)19-9-4-3-5-10-19/h3-5,9-12,15-16,18H,6-8,13-14H2,1-2H3,(H,23,25)(H,24,26). The molecule has 30 heavy (non-hydrogen) atoms. The molecule has 2 atom stereocenters. The third-order valence-electron chi connectivity index (χ3n) is 5.21. The van der Waals surface area contributed by atoms with Crippen LogP contribution >= 0.6 is 0 Å². The van der Waals surface area contributed by atoms with Crippen LogP contribution in [-0.4, -0.2) is 32.3 Å². The van der Waals surface area contributed by atoms with E-state index in [0.717, 1.165) is 19.3 Å². The number of carbonyl (C=O) groups is 2. The largest absolute Gasteiger partial charge is 0.459 e. The Bertz CT molecular complexity index is 982. The van der Waals surface area contributed by atoms with Crippen molar-refractivity contribution < 1.29 is 22.4 Å². The fourth-order valence-corrected chi connectivity index (χ4v) is 5.15. The highest BCUT2D eigenvalue weighted by molar-refractivity contribution is 7.90. The van der Waals surface area contributed by atoms with E-state index in [-0.39, 0.29) is 40.3 Å². The Morgan fingerprint density at radius 1 is 1.13 bits per heavy atom. The average molecular weight is 433 g/mol. The maximum Gasteiger partial charge on any atom is 0.287 e. The molecule has 2 unspecified atom stereocenters. The third kappa shape index (κ3) is 5.50. The third-order valence-corrected chi connectivity index (χ3v) is 6.89. The summed E-state index contributed by atoms with van der Waals surface area (Å²) in [7, 11) is -3.60. The molecule has 1 heterocycles. The second kappa shape index (κ2) is 9.47. The molecule has 0 radical (unpaired) electrons. The second-order valence-corrected chi connectivity index (χ2v) is 10.0. The molecule has 7 nitrogen and oxygen atoms in total. The first-order valence-corrected chi connectivity index (χ1v) is 11.9. The molecule has 2 aromatic rings. The Kier molecular flexibility index (Phi) is 6.97. The van der Waals surface area contributed by atoms with Gasteiger partial charge in [-0.3, -0.25) is 9.59 Å². The van der Waals surface area contributed by atoms with E-state index in [4.69, 9.17) is 4.42 Å². The molecule has 0 bridgehead atoms. The van der Waals surface area contributed by atoms with Gasteiger partial charge in [-0.15, -0.1) is 0 Å². The van der Waals surface area contributed by atoms with E-state index < -0.39 is 15.7 Å². The lowest BCUT2D eigenvalue weighted by molar-refractivity contribution is -0.126. The van der Waals surface area contributed by atoms with Gasteiger partial charge in [-0.2, -0.15) is 0 Å².